The van der Waals surface area contributed by atoms with Gasteiger partial charge in [0.1, 0.15) is 0 Å². The van der Waals surface area contributed by atoms with Crippen LogP contribution in [0.3, 0.4) is 0 Å². The summed E-state index contributed by atoms with van der Waals surface area (Å²) >= 11 is 0. The fraction of sp³-hybridized carbons (Fsp3) is 0.550. The van der Waals surface area contributed by atoms with Crippen LogP contribution in [0.1, 0.15) is 47.2 Å². The summed E-state index contributed by atoms with van der Waals surface area (Å²) in [7, 11) is 0. The van der Waals surface area contributed by atoms with E-state index in [1.165, 1.54) is 0 Å². The van der Waals surface area contributed by atoms with Crippen molar-refractivity contribution < 1.29 is 28.6 Å². The van der Waals surface area contributed by atoms with Gasteiger partial charge in [0.2, 0.25) is 5.41 Å². The van der Waals surface area contributed by atoms with Gasteiger partial charge in [-0.05, 0) is 32.9 Å². The van der Waals surface area contributed by atoms with Crippen LogP contribution in [0, 0.1) is 5.41 Å². The number of fused-ring (bicyclic) bond motifs is 1. The SMILES string of the molecule is CCOC(=O)C1=C(C(C)(C)C)n2cccc2C1(C(=O)OCC)C(=O)OCC. The maximum absolute atomic E-state index is 13.2. The van der Waals surface area contributed by atoms with Crippen LogP contribution >= 0.6 is 0 Å². The van der Waals surface area contributed by atoms with Crippen molar-refractivity contribution in [3.63, 3.8) is 0 Å². The van der Waals surface area contributed by atoms with Crippen molar-refractivity contribution in [1.29, 1.82) is 0 Å². The van der Waals surface area contributed by atoms with Gasteiger partial charge in [-0.3, -0.25) is 9.59 Å². The average molecular weight is 377 g/mol. The Kier molecular flexibility index (Phi) is 5.82. The highest BCUT2D eigenvalue weighted by Crippen LogP contribution is 2.50. The monoisotopic (exact) mass is 377 g/mol. The van der Waals surface area contributed by atoms with E-state index in [0.717, 1.165) is 0 Å². The van der Waals surface area contributed by atoms with Gasteiger partial charge >= 0.3 is 17.9 Å². The molecule has 1 aliphatic heterocycles. The van der Waals surface area contributed by atoms with Gasteiger partial charge in [0, 0.05) is 17.3 Å². The molecule has 2 rings (SSSR count). The van der Waals surface area contributed by atoms with E-state index in [2.05, 4.69) is 0 Å². The van der Waals surface area contributed by atoms with Crippen molar-refractivity contribution >= 4 is 23.6 Å². The molecule has 7 nitrogen and oxygen atoms in total. The lowest BCUT2D eigenvalue weighted by Gasteiger charge is -2.28. The van der Waals surface area contributed by atoms with Gasteiger partial charge in [-0.25, -0.2) is 4.79 Å². The highest BCUT2D eigenvalue weighted by molar-refractivity contribution is 6.21. The quantitative estimate of drug-likeness (QED) is 0.431. The summed E-state index contributed by atoms with van der Waals surface area (Å²) in [4.78, 5) is 39.3. The molecule has 2 heterocycles. The zero-order valence-electron chi connectivity index (χ0n) is 16.8. The molecule has 0 N–H and O–H groups in total. The van der Waals surface area contributed by atoms with Crippen LogP contribution in [-0.4, -0.2) is 42.3 Å². The molecular weight excluding hydrogens is 350 g/mol. The lowest BCUT2D eigenvalue weighted by Crippen LogP contribution is -2.49. The third kappa shape index (κ3) is 3.15. The number of hydrogen-bond acceptors (Lipinski definition) is 6. The molecule has 0 amide bonds. The molecule has 1 aromatic heterocycles. The smallest absolute Gasteiger partial charge is 0.338 e. The summed E-state index contributed by atoms with van der Waals surface area (Å²) in [5.41, 5.74) is -1.76. The van der Waals surface area contributed by atoms with E-state index < -0.39 is 28.7 Å². The highest BCUT2D eigenvalue weighted by Gasteiger charge is 2.63. The Labute approximate surface area is 159 Å². The van der Waals surface area contributed by atoms with Crippen LogP contribution in [0.15, 0.2) is 23.9 Å². The van der Waals surface area contributed by atoms with Crippen molar-refractivity contribution in [3.8, 4) is 0 Å². The molecule has 27 heavy (non-hydrogen) atoms. The number of aromatic nitrogens is 1. The number of carbonyl (C=O) groups is 3. The van der Waals surface area contributed by atoms with E-state index >= 15 is 0 Å². The van der Waals surface area contributed by atoms with Crippen LogP contribution in [0.25, 0.3) is 5.70 Å². The van der Waals surface area contributed by atoms with E-state index in [-0.39, 0.29) is 25.4 Å². The summed E-state index contributed by atoms with van der Waals surface area (Å²) in [6.45, 7) is 10.9. The van der Waals surface area contributed by atoms with Gasteiger partial charge in [-0.2, -0.15) is 0 Å². The second-order valence-corrected chi connectivity index (χ2v) is 7.15. The number of hydrogen-bond donors (Lipinski definition) is 0. The molecule has 0 unspecified atom stereocenters. The van der Waals surface area contributed by atoms with E-state index in [9.17, 15) is 14.4 Å². The topological polar surface area (TPSA) is 83.8 Å². The molecular formula is C20H27NO6. The summed E-state index contributed by atoms with van der Waals surface area (Å²) in [6, 6.07) is 3.35. The van der Waals surface area contributed by atoms with Gasteiger partial charge in [0.15, 0.2) is 0 Å². The summed E-state index contributed by atoms with van der Waals surface area (Å²) < 4.78 is 17.4. The molecule has 0 aliphatic carbocycles. The Balaban J connectivity index is 2.93. The van der Waals surface area contributed by atoms with Gasteiger partial charge in [0.25, 0.3) is 0 Å². The molecule has 0 saturated carbocycles. The maximum atomic E-state index is 13.2. The molecule has 0 atom stereocenters. The van der Waals surface area contributed by atoms with Crippen molar-refractivity contribution in [2.45, 2.75) is 47.0 Å². The fourth-order valence-electron chi connectivity index (χ4n) is 3.47. The Morgan fingerprint density at radius 3 is 1.93 bits per heavy atom. The standard InChI is InChI=1S/C20H27NO6/c1-7-25-16(22)14-15(19(4,5)6)21-12-10-11-13(21)20(14,17(23)26-8-2)18(24)27-9-3/h10-12H,7-9H2,1-6H3. The Morgan fingerprint density at radius 2 is 1.48 bits per heavy atom. The molecule has 0 saturated heterocycles. The molecule has 0 bridgehead atoms. The average Bonchev–Trinajstić information content (AvgIpc) is 3.13. The molecule has 148 valence electrons. The first-order valence-corrected chi connectivity index (χ1v) is 9.12. The van der Waals surface area contributed by atoms with Gasteiger partial charge in [0.05, 0.1) is 31.1 Å². The first-order valence-electron chi connectivity index (χ1n) is 9.12. The summed E-state index contributed by atoms with van der Waals surface area (Å²) in [5.74, 6) is -2.41. The Hall–Kier alpha value is -2.57. The summed E-state index contributed by atoms with van der Waals surface area (Å²) in [5, 5.41) is 0. The molecule has 1 aromatic rings. The minimum absolute atomic E-state index is 0.0376. The molecule has 7 heteroatoms. The second kappa shape index (κ2) is 7.58. The molecule has 0 radical (unpaired) electrons. The van der Waals surface area contributed by atoms with Crippen molar-refractivity contribution in [1.82, 2.24) is 4.57 Å². The first-order chi connectivity index (χ1) is 12.7. The summed E-state index contributed by atoms with van der Waals surface area (Å²) in [6.07, 6.45) is 1.72. The second-order valence-electron chi connectivity index (χ2n) is 7.15. The van der Waals surface area contributed by atoms with Crippen LogP contribution in [0.4, 0.5) is 0 Å². The fourth-order valence-corrected chi connectivity index (χ4v) is 3.47. The number of ether oxygens (including phenoxy) is 3. The molecule has 0 aromatic carbocycles. The molecule has 1 aliphatic rings. The van der Waals surface area contributed by atoms with Crippen molar-refractivity contribution in [2.24, 2.45) is 5.41 Å². The minimum Gasteiger partial charge on any atom is -0.465 e. The predicted octanol–water partition coefficient (Wildman–Crippen LogP) is 2.69. The van der Waals surface area contributed by atoms with Crippen LogP contribution in [0.5, 0.6) is 0 Å². The maximum Gasteiger partial charge on any atom is 0.338 e. The number of esters is 3. The lowest BCUT2D eigenvalue weighted by atomic mass is 9.75. The van der Waals surface area contributed by atoms with Crippen molar-refractivity contribution in [2.75, 3.05) is 19.8 Å². The Morgan fingerprint density at radius 1 is 0.963 bits per heavy atom. The number of nitrogens with zero attached hydrogens (tertiary/aromatic N) is 1. The zero-order valence-corrected chi connectivity index (χ0v) is 16.8. The van der Waals surface area contributed by atoms with Gasteiger partial charge < -0.3 is 18.8 Å². The van der Waals surface area contributed by atoms with Crippen LogP contribution in [0.2, 0.25) is 0 Å². The zero-order chi connectivity index (χ0) is 20.4. The van der Waals surface area contributed by atoms with Crippen LogP contribution in [-0.2, 0) is 34.0 Å². The van der Waals surface area contributed by atoms with Gasteiger partial charge in [-0.1, -0.05) is 20.8 Å². The van der Waals surface area contributed by atoms with E-state index in [0.29, 0.717) is 11.4 Å². The minimum atomic E-state index is -2.01. The Bertz CT molecular complexity index is 763. The highest BCUT2D eigenvalue weighted by atomic mass is 16.6. The van der Waals surface area contributed by atoms with Crippen molar-refractivity contribution in [3.05, 3.63) is 29.6 Å². The van der Waals surface area contributed by atoms with E-state index in [1.807, 2.05) is 20.8 Å². The third-order valence-corrected chi connectivity index (χ3v) is 4.34. The number of rotatable bonds is 6. The lowest BCUT2D eigenvalue weighted by molar-refractivity contribution is -0.164. The number of allylic oxidation sites excluding steroid dienone is 1. The first kappa shape index (κ1) is 20.7. The predicted molar refractivity (Wildman–Crippen MR) is 98.7 cm³/mol. The van der Waals surface area contributed by atoms with Gasteiger partial charge in [-0.15, -0.1) is 0 Å². The van der Waals surface area contributed by atoms with E-state index in [1.54, 1.807) is 43.7 Å². The number of carbonyl (C=O) groups excluding carboxylic acids is 3. The van der Waals surface area contributed by atoms with E-state index in [4.69, 9.17) is 14.2 Å². The largest absolute Gasteiger partial charge is 0.465 e. The normalized spacial score (nSPS) is 15.3. The van der Waals surface area contributed by atoms with Crippen LogP contribution < -0.4 is 0 Å². The molecule has 0 spiro atoms. The molecule has 0 fully saturated rings. The third-order valence-electron chi connectivity index (χ3n) is 4.34.